The monoisotopic (exact) mass is 314 g/mol. The number of hydrogen-bond acceptors (Lipinski definition) is 5. The van der Waals surface area contributed by atoms with Crippen LogP contribution in [0.4, 0.5) is 5.82 Å². The van der Waals surface area contributed by atoms with Gasteiger partial charge in [0.05, 0.1) is 6.20 Å². The van der Waals surface area contributed by atoms with Gasteiger partial charge in [-0.15, -0.1) is 11.3 Å². The Labute approximate surface area is 133 Å². The summed E-state index contributed by atoms with van der Waals surface area (Å²) in [6, 6.07) is 4.12. The number of amides is 1. The normalized spacial score (nSPS) is 14.7. The van der Waals surface area contributed by atoms with Crippen LogP contribution in [0.5, 0.6) is 0 Å². The number of nitrogens with one attached hydrogen (secondary N) is 1. The zero-order valence-corrected chi connectivity index (χ0v) is 13.3. The predicted octanol–water partition coefficient (Wildman–Crippen LogP) is 2.67. The lowest BCUT2D eigenvalue weighted by atomic mass is 10.2. The Kier molecular flexibility index (Phi) is 4.48. The molecule has 5 nitrogen and oxygen atoms in total. The van der Waals surface area contributed by atoms with E-state index in [1.807, 2.05) is 18.3 Å². The molecule has 114 valence electrons. The Morgan fingerprint density at radius 3 is 2.73 bits per heavy atom. The van der Waals surface area contributed by atoms with Crippen molar-refractivity contribution in [3.8, 4) is 0 Å². The van der Waals surface area contributed by atoms with E-state index in [1.165, 1.54) is 24.2 Å². The van der Waals surface area contributed by atoms with Crippen LogP contribution in [0.3, 0.4) is 0 Å². The van der Waals surface area contributed by atoms with E-state index in [9.17, 15) is 4.79 Å². The maximum Gasteiger partial charge on any atom is 0.262 e. The average Bonchev–Trinajstić information content (AvgIpc) is 3.24. The van der Waals surface area contributed by atoms with Crippen molar-refractivity contribution < 1.29 is 4.79 Å². The number of pyridine rings is 1. The summed E-state index contributed by atoms with van der Waals surface area (Å²) in [5.74, 6) is 0.944. The molecule has 1 aliphatic rings. The molecule has 6 heteroatoms. The van der Waals surface area contributed by atoms with Crippen LogP contribution in [-0.2, 0) is 0 Å². The summed E-state index contributed by atoms with van der Waals surface area (Å²) in [5, 5.41) is 3.40. The van der Waals surface area contributed by atoms with Crippen molar-refractivity contribution in [3.63, 3.8) is 0 Å². The number of hydrogen-bond donors (Lipinski definition) is 1. The molecule has 1 aliphatic heterocycles. The van der Waals surface area contributed by atoms with Gasteiger partial charge in [-0.2, -0.15) is 0 Å². The number of thiazole rings is 1. The molecule has 0 spiro atoms. The molecule has 0 saturated carbocycles. The van der Waals surface area contributed by atoms with Gasteiger partial charge in [0, 0.05) is 26.3 Å². The van der Waals surface area contributed by atoms with Crippen molar-refractivity contribution in [1.82, 2.24) is 15.3 Å². The van der Waals surface area contributed by atoms with Crippen LogP contribution >= 0.6 is 11.3 Å². The van der Waals surface area contributed by atoms with Crippen LogP contribution < -0.4 is 10.2 Å². The van der Waals surface area contributed by atoms with Crippen LogP contribution in [0.15, 0.2) is 24.5 Å². The van der Waals surface area contributed by atoms with E-state index < -0.39 is 0 Å². The first kappa shape index (κ1) is 14.7. The van der Waals surface area contributed by atoms with Gasteiger partial charge in [0.15, 0.2) is 0 Å². The van der Waals surface area contributed by atoms with Crippen molar-refractivity contribution in [2.24, 2.45) is 0 Å². The van der Waals surface area contributed by atoms with Crippen molar-refractivity contribution in [3.05, 3.63) is 40.0 Å². The van der Waals surface area contributed by atoms with E-state index in [0.29, 0.717) is 4.88 Å². The second-order valence-corrected chi connectivity index (χ2v) is 6.18. The van der Waals surface area contributed by atoms with E-state index in [0.717, 1.165) is 29.5 Å². The van der Waals surface area contributed by atoms with E-state index in [1.54, 1.807) is 13.2 Å². The predicted molar refractivity (Wildman–Crippen MR) is 90.1 cm³/mol. The third-order valence-electron chi connectivity index (χ3n) is 3.59. The highest BCUT2D eigenvalue weighted by molar-refractivity contribution is 7.14. The molecule has 1 fully saturated rings. The zero-order valence-electron chi connectivity index (χ0n) is 12.5. The summed E-state index contributed by atoms with van der Waals surface area (Å²) in [6.07, 6.45) is 9.84. The summed E-state index contributed by atoms with van der Waals surface area (Å²) < 4.78 is 0. The van der Waals surface area contributed by atoms with E-state index in [4.69, 9.17) is 0 Å². The number of rotatable bonds is 4. The molecule has 0 atom stereocenters. The fourth-order valence-electron chi connectivity index (χ4n) is 2.39. The zero-order chi connectivity index (χ0) is 15.4. The largest absolute Gasteiger partial charge is 0.357 e. The fraction of sp³-hybridized carbons (Fsp3) is 0.312. The van der Waals surface area contributed by atoms with Crippen LogP contribution in [0.25, 0.3) is 12.2 Å². The fourth-order valence-corrected chi connectivity index (χ4v) is 3.16. The molecule has 3 heterocycles. The van der Waals surface area contributed by atoms with Gasteiger partial charge in [-0.1, -0.05) is 6.08 Å². The SMILES string of the molecule is CNC(=O)c1cnc(C=Cc2ccc(N3CCCC3)nc2)s1. The average molecular weight is 314 g/mol. The van der Waals surface area contributed by atoms with E-state index in [2.05, 4.69) is 32.3 Å². The second kappa shape index (κ2) is 6.70. The van der Waals surface area contributed by atoms with E-state index >= 15 is 0 Å². The van der Waals surface area contributed by atoms with Crippen molar-refractivity contribution in [2.75, 3.05) is 25.0 Å². The molecule has 0 aliphatic carbocycles. The van der Waals surface area contributed by atoms with Crippen molar-refractivity contribution in [1.29, 1.82) is 0 Å². The second-order valence-electron chi connectivity index (χ2n) is 5.12. The summed E-state index contributed by atoms with van der Waals surface area (Å²) in [6.45, 7) is 2.20. The highest BCUT2D eigenvalue weighted by Crippen LogP contribution is 2.19. The van der Waals surface area contributed by atoms with Gasteiger partial charge in [-0.05, 0) is 36.6 Å². The molecule has 1 saturated heterocycles. The minimum absolute atomic E-state index is 0.103. The molecule has 1 amide bonds. The first-order valence-corrected chi connectivity index (χ1v) is 8.15. The quantitative estimate of drug-likeness (QED) is 0.942. The lowest BCUT2D eigenvalue weighted by molar-refractivity contribution is 0.0967. The topological polar surface area (TPSA) is 58.1 Å². The minimum Gasteiger partial charge on any atom is -0.357 e. The first-order valence-electron chi connectivity index (χ1n) is 7.33. The van der Waals surface area contributed by atoms with Crippen LogP contribution in [-0.4, -0.2) is 36.0 Å². The first-order chi connectivity index (χ1) is 10.8. The highest BCUT2D eigenvalue weighted by atomic mass is 32.1. The molecule has 2 aromatic heterocycles. The lowest BCUT2D eigenvalue weighted by Crippen LogP contribution is -2.18. The molecular formula is C16H18N4OS. The van der Waals surface area contributed by atoms with Crippen molar-refractivity contribution in [2.45, 2.75) is 12.8 Å². The van der Waals surface area contributed by atoms with Crippen LogP contribution in [0.2, 0.25) is 0 Å². The van der Waals surface area contributed by atoms with Gasteiger partial charge in [0.25, 0.3) is 5.91 Å². The molecule has 2 aromatic rings. The van der Waals surface area contributed by atoms with Gasteiger partial charge in [-0.3, -0.25) is 4.79 Å². The van der Waals surface area contributed by atoms with Gasteiger partial charge < -0.3 is 10.2 Å². The molecule has 0 unspecified atom stereocenters. The molecule has 0 bridgehead atoms. The molecule has 22 heavy (non-hydrogen) atoms. The molecule has 0 radical (unpaired) electrons. The van der Waals surface area contributed by atoms with Crippen molar-refractivity contribution >= 4 is 35.2 Å². The number of carbonyl (C=O) groups excluding carboxylic acids is 1. The standard InChI is InChI=1S/C16H18N4OS/c1-17-16(21)13-11-19-15(22-13)7-5-12-4-6-14(18-10-12)20-8-2-3-9-20/h4-7,10-11H,2-3,8-9H2,1H3,(H,17,21). The van der Waals surface area contributed by atoms with Gasteiger partial charge in [0.1, 0.15) is 15.7 Å². The van der Waals surface area contributed by atoms with Gasteiger partial charge in [0.2, 0.25) is 0 Å². The summed E-state index contributed by atoms with van der Waals surface area (Å²) in [5.41, 5.74) is 1.03. The smallest absolute Gasteiger partial charge is 0.262 e. The highest BCUT2D eigenvalue weighted by Gasteiger charge is 2.12. The summed E-state index contributed by atoms with van der Waals surface area (Å²) in [4.78, 5) is 23.1. The van der Waals surface area contributed by atoms with E-state index in [-0.39, 0.29) is 5.91 Å². The molecule has 1 N–H and O–H groups in total. The Morgan fingerprint density at radius 2 is 2.05 bits per heavy atom. The minimum atomic E-state index is -0.103. The molecule has 3 rings (SSSR count). The van der Waals surface area contributed by atoms with Gasteiger partial charge in [-0.25, -0.2) is 9.97 Å². The van der Waals surface area contributed by atoms with Gasteiger partial charge >= 0.3 is 0 Å². The summed E-state index contributed by atoms with van der Waals surface area (Å²) in [7, 11) is 1.62. The Hall–Kier alpha value is -2.21. The number of aromatic nitrogens is 2. The Bertz CT molecular complexity index is 672. The maximum atomic E-state index is 11.5. The van der Waals surface area contributed by atoms with Crippen LogP contribution in [0.1, 0.15) is 33.1 Å². The lowest BCUT2D eigenvalue weighted by Gasteiger charge is -2.15. The Morgan fingerprint density at radius 1 is 1.23 bits per heavy atom. The third kappa shape index (κ3) is 3.33. The molecule has 0 aromatic carbocycles. The third-order valence-corrected chi connectivity index (χ3v) is 4.55. The van der Waals surface area contributed by atoms with Crippen LogP contribution in [0, 0.1) is 0 Å². The maximum absolute atomic E-state index is 11.5. The summed E-state index contributed by atoms with van der Waals surface area (Å²) >= 11 is 1.37. The number of anilines is 1. The number of carbonyl (C=O) groups is 1. The number of nitrogens with zero attached hydrogens (tertiary/aromatic N) is 3. The Balaban J connectivity index is 1.67. The molecular weight excluding hydrogens is 296 g/mol.